The minimum Gasteiger partial charge on any atom is -0.501 e. The smallest absolute Gasteiger partial charge is 0.121 e. The Labute approximate surface area is 341 Å². The summed E-state index contributed by atoms with van der Waals surface area (Å²) >= 11 is 0. The van der Waals surface area contributed by atoms with Crippen LogP contribution in [0.15, 0.2) is 138 Å². The minimum absolute atomic E-state index is 0. The average Bonchev–Trinajstić information content (AvgIpc) is 3.57. The molecule has 0 spiro atoms. The summed E-state index contributed by atoms with van der Waals surface area (Å²) in [5, 5.41) is 3.66. The number of benzene rings is 5. The molecule has 0 saturated heterocycles. The first-order valence-corrected chi connectivity index (χ1v) is 22.6. The number of fused-ring (bicyclic) bond motifs is 3. The van der Waals surface area contributed by atoms with Gasteiger partial charge in [0.15, 0.2) is 0 Å². The fraction of sp³-hybridized carbons (Fsp3) is 0.200. The van der Waals surface area contributed by atoms with Crippen molar-refractivity contribution in [3.05, 3.63) is 163 Å². The molecule has 0 atom stereocenters. The van der Waals surface area contributed by atoms with Crippen molar-refractivity contribution in [1.29, 1.82) is 0 Å². The average molecular weight is 913 g/mol. The Morgan fingerprint density at radius 3 is 2.05 bits per heavy atom. The molecule has 3 nitrogen and oxygen atoms in total. The van der Waals surface area contributed by atoms with Crippen molar-refractivity contribution in [1.82, 2.24) is 9.97 Å². The van der Waals surface area contributed by atoms with Gasteiger partial charge in [0.1, 0.15) is 5.58 Å². The SMILES string of the molecule is CCC(CC)c1ccnc(-c2[c-]ccc3c2oc2cc(-c4ccccc4)ccc23)c1.Cc1c[c-]c(-c2cc(C)c([Si](C)(C)C)cn2)cc1-c1ccccc1.[Ir]. The third kappa shape index (κ3) is 8.65. The summed E-state index contributed by atoms with van der Waals surface area (Å²) in [5.74, 6) is 0.551. The number of aromatic nitrogens is 2. The van der Waals surface area contributed by atoms with Crippen molar-refractivity contribution in [3.8, 4) is 44.8 Å². The van der Waals surface area contributed by atoms with Crippen molar-refractivity contribution in [2.24, 2.45) is 0 Å². The van der Waals surface area contributed by atoms with Gasteiger partial charge < -0.3 is 14.4 Å². The van der Waals surface area contributed by atoms with Gasteiger partial charge in [0.05, 0.1) is 13.7 Å². The van der Waals surface area contributed by atoms with Crippen LogP contribution < -0.4 is 5.19 Å². The molecular weight excluding hydrogens is 865 g/mol. The third-order valence-corrected chi connectivity index (χ3v) is 12.6. The van der Waals surface area contributed by atoms with Crippen molar-refractivity contribution in [2.45, 2.75) is 66.1 Å². The van der Waals surface area contributed by atoms with Crippen LogP contribution in [0, 0.1) is 26.0 Å². The zero-order valence-corrected chi connectivity index (χ0v) is 36.2. The molecule has 5 heteroatoms. The van der Waals surface area contributed by atoms with E-state index in [0.717, 1.165) is 62.9 Å². The maximum atomic E-state index is 6.38. The summed E-state index contributed by atoms with van der Waals surface area (Å²) in [4.78, 5) is 9.40. The zero-order chi connectivity index (χ0) is 37.8. The van der Waals surface area contributed by atoms with E-state index >= 15 is 0 Å². The number of pyridine rings is 2. The fourth-order valence-electron chi connectivity index (χ4n) is 7.47. The summed E-state index contributed by atoms with van der Waals surface area (Å²) in [6.07, 6.45) is 6.24. The van der Waals surface area contributed by atoms with Gasteiger partial charge in [0, 0.05) is 37.9 Å². The molecule has 1 radical (unpaired) electrons. The number of hydrogen-bond acceptors (Lipinski definition) is 3. The van der Waals surface area contributed by atoms with Gasteiger partial charge >= 0.3 is 0 Å². The number of rotatable bonds is 8. The van der Waals surface area contributed by atoms with Crippen LogP contribution in [-0.2, 0) is 20.1 Å². The number of hydrogen-bond donors (Lipinski definition) is 0. The van der Waals surface area contributed by atoms with Gasteiger partial charge in [-0.1, -0.05) is 153 Å². The summed E-state index contributed by atoms with van der Waals surface area (Å²) in [6, 6.07) is 49.0. The first-order valence-electron chi connectivity index (χ1n) is 19.1. The second-order valence-corrected chi connectivity index (χ2v) is 20.2. The topological polar surface area (TPSA) is 38.9 Å². The summed E-state index contributed by atoms with van der Waals surface area (Å²) < 4.78 is 6.38. The molecule has 0 N–H and O–H groups in total. The molecule has 0 aliphatic heterocycles. The molecule has 0 unspecified atom stereocenters. The van der Waals surface area contributed by atoms with Gasteiger partial charge in [-0.25, -0.2) is 0 Å². The van der Waals surface area contributed by atoms with Crippen molar-refractivity contribution in [3.63, 3.8) is 0 Å². The molecule has 0 fully saturated rings. The number of nitrogens with zero attached hydrogens (tertiary/aromatic N) is 2. The maximum Gasteiger partial charge on any atom is 0.121 e. The molecule has 8 rings (SSSR count). The molecule has 279 valence electrons. The third-order valence-electron chi connectivity index (χ3n) is 10.5. The van der Waals surface area contributed by atoms with Gasteiger partial charge in [-0.15, -0.1) is 47.5 Å². The maximum absolute atomic E-state index is 6.38. The van der Waals surface area contributed by atoms with E-state index in [4.69, 9.17) is 9.40 Å². The molecule has 55 heavy (non-hydrogen) atoms. The van der Waals surface area contributed by atoms with Gasteiger partial charge in [-0.05, 0) is 71.1 Å². The van der Waals surface area contributed by atoms with Crippen LogP contribution in [0.1, 0.15) is 49.3 Å². The molecule has 8 aromatic rings. The van der Waals surface area contributed by atoms with E-state index in [1.807, 2.05) is 18.3 Å². The number of furan rings is 1. The Bertz CT molecular complexity index is 2530. The van der Waals surface area contributed by atoms with E-state index < -0.39 is 8.07 Å². The molecule has 0 aliphatic rings. The molecule has 3 aromatic heterocycles. The van der Waals surface area contributed by atoms with Crippen LogP contribution in [-0.4, -0.2) is 18.0 Å². The van der Waals surface area contributed by atoms with Crippen LogP contribution in [0.4, 0.5) is 0 Å². The predicted octanol–water partition coefficient (Wildman–Crippen LogP) is 13.4. The number of aryl methyl sites for hydroxylation is 2. The molecule has 0 saturated carbocycles. The second kappa shape index (κ2) is 17.2. The van der Waals surface area contributed by atoms with Crippen LogP contribution in [0.3, 0.4) is 0 Å². The van der Waals surface area contributed by atoms with Gasteiger partial charge in [-0.2, -0.15) is 0 Å². The van der Waals surface area contributed by atoms with Crippen molar-refractivity contribution >= 4 is 35.2 Å². The standard InChI is InChI=1S/C28H24NO.C22H24NSi.Ir/c1-3-19(4-2)22-15-16-29-26(17-22)25-12-8-11-24-23-14-13-21(18-27(23)30-28(24)25)20-9-6-5-7-10-20;1-16-11-12-19(14-20(16)18-9-7-6-8-10-18)21-13-17(2)22(15-23-21)24(3,4)5;/h5-11,13-19H,3-4H2,1-2H3;6-11,13-15H,1-5H3;/q2*-1;. The first kappa shape index (κ1) is 39.8. The van der Waals surface area contributed by atoms with E-state index in [2.05, 4.69) is 180 Å². The molecule has 0 bridgehead atoms. The van der Waals surface area contributed by atoms with E-state index in [-0.39, 0.29) is 20.1 Å². The molecule has 3 heterocycles. The quantitative estimate of drug-likeness (QED) is 0.113. The monoisotopic (exact) mass is 913 g/mol. The van der Waals surface area contributed by atoms with Crippen molar-refractivity contribution < 1.29 is 24.5 Å². The van der Waals surface area contributed by atoms with E-state index in [1.54, 1.807) is 0 Å². The minimum atomic E-state index is -1.35. The summed E-state index contributed by atoms with van der Waals surface area (Å²) in [6.45, 7) is 15.9. The van der Waals surface area contributed by atoms with Crippen LogP contribution >= 0.6 is 0 Å². The normalized spacial score (nSPS) is 11.3. The van der Waals surface area contributed by atoms with E-state index in [1.165, 1.54) is 38.6 Å². The van der Waals surface area contributed by atoms with Crippen LogP contribution in [0.2, 0.25) is 19.6 Å². The second-order valence-electron chi connectivity index (χ2n) is 15.2. The zero-order valence-electron chi connectivity index (χ0n) is 32.8. The van der Waals surface area contributed by atoms with E-state index in [9.17, 15) is 0 Å². The van der Waals surface area contributed by atoms with Crippen LogP contribution in [0.25, 0.3) is 66.7 Å². The van der Waals surface area contributed by atoms with E-state index in [0.29, 0.717) is 5.92 Å². The molecule has 0 amide bonds. The predicted molar refractivity (Wildman–Crippen MR) is 231 cm³/mol. The molecular formula is C50H48IrN2OSi-2. The Kier molecular flexibility index (Phi) is 12.5. The first-order chi connectivity index (χ1) is 26.1. The van der Waals surface area contributed by atoms with Crippen molar-refractivity contribution in [2.75, 3.05) is 0 Å². The Morgan fingerprint density at radius 1 is 0.673 bits per heavy atom. The van der Waals surface area contributed by atoms with Gasteiger partial charge in [0.2, 0.25) is 0 Å². The summed E-state index contributed by atoms with van der Waals surface area (Å²) in [5.41, 5.74) is 14.4. The Hall–Kier alpha value is -4.93. The van der Waals surface area contributed by atoms with Gasteiger partial charge in [-0.3, -0.25) is 0 Å². The van der Waals surface area contributed by atoms with Crippen LogP contribution in [0.5, 0.6) is 0 Å². The summed E-state index contributed by atoms with van der Waals surface area (Å²) in [7, 11) is -1.35. The molecule has 0 aliphatic carbocycles. The fourth-order valence-corrected chi connectivity index (χ4v) is 9.18. The van der Waals surface area contributed by atoms with Gasteiger partial charge in [0.25, 0.3) is 0 Å². The Morgan fingerprint density at radius 2 is 1.38 bits per heavy atom. The largest absolute Gasteiger partial charge is 0.501 e. The Balaban J connectivity index is 0.000000188. The molecule has 5 aromatic carbocycles.